The van der Waals surface area contributed by atoms with Crippen molar-refractivity contribution in [2.75, 3.05) is 0 Å². The SMILES string of the molecule is CC1CCC(=O)C(Cc2ccccc2)C1. The molecule has 80 valence electrons. The first-order chi connectivity index (χ1) is 7.25. The van der Waals surface area contributed by atoms with Gasteiger partial charge in [-0.15, -0.1) is 0 Å². The van der Waals surface area contributed by atoms with Crippen molar-refractivity contribution in [3.63, 3.8) is 0 Å². The lowest BCUT2D eigenvalue weighted by atomic mass is 9.78. The Morgan fingerprint density at radius 3 is 2.73 bits per heavy atom. The molecule has 1 aliphatic carbocycles. The van der Waals surface area contributed by atoms with Gasteiger partial charge in [0.1, 0.15) is 5.78 Å². The van der Waals surface area contributed by atoms with Crippen LogP contribution in [0.1, 0.15) is 31.7 Å². The van der Waals surface area contributed by atoms with E-state index in [0.29, 0.717) is 5.78 Å². The molecule has 2 atom stereocenters. The molecule has 1 fully saturated rings. The van der Waals surface area contributed by atoms with Crippen LogP contribution in [0.3, 0.4) is 0 Å². The molecule has 0 amide bonds. The summed E-state index contributed by atoms with van der Waals surface area (Å²) in [6.45, 7) is 2.25. The van der Waals surface area contributed by atoms with Crippen molar-refractivity contribution in [3.05, 3.63) is 35.9 Å². The van der Waals surface area contributed by atoms with Gasteiger partial charge in [-0.25, -0.2) is 0 Å². The Hall–Kier alpha value is -1.11. The fraction of sp³-hybridized carbons (Fsp3) is 0.500. The Morgan fingerprint density at radius 1 is 1.27 bits per heavy atom. The molecule has 1 nitrogen and oxygen atoms in total. The Labute approximate surface area is 91.5 Å². The van der Waals surface area contributed by atoms with Gasteiger partial charge in [-0.2, -0.15) is 0 Å². The Bertz CT molecular complexity index is 328. The number of carbonyl (C=O) groups is 1. The molecule has 0 radical (unpaired) electrons. The van der Waals surface area contributed by atoms with Gasteiger partial charge in [0.15, 0.2) is 0 Å². The number of benzene rings is 1. The first-order valence-corrected chi connectivity index (χ1v) is 5.82. The smallest absolute Gasteiger partial charge is 0.136 e. The maximum Gasteiger partial charge on any atom is 0.136 e. The second-order valence-electron chi connectivity index (χ2n) is 4.73. The quantitative estimate of drug-likeness (QED) is 0.719. The van der Waals surface area contributed by atoms with Crippen LogP contribution >= 0.6 is 0 Å². The minimum absolute atomic E-state index is 0.274. The fourth-order valence-corrected chi connectivity index (χ4v) is 2.42. The van der Waals surface area contributed by atoms with Crippen LogP contribution in [0.5, 0.6) is 0 Å². The van der Waals surface area contributed by atoms with Crippen molar-refractivity contribution in [2.24, 2.45) is 11.8 Å². The summed E-state index contributed by atoms with van der Waals surface area (Å²) >= 11 is 0. The van der Waals surface area contributed by atoms with Gasteiger partial charge in [0.25, 0.3) is 0 Å². The Morgan fingerprint density at radius 2 is 2.00 bits per heavy atom. The van der Waals surface area contributed by atoms with Gasteiger partial charge < -0.3 is 0 Å². The van der Waals surface area contributed by atoms with E-state index in [9.17, 15) is 4.79 Å². The lowest BCUT2D eigenvalue weighted by molar-refractivity contribution is -0.125. The van der Waals surface area contributed by atoms with Crippen molar-refractivity contribution in [1.82, 2.24) is 0 Å². The van der Waals surface area contributed by atoms with E-state index in [1.54, 1.807) is 0 Å². The largest absolute Gasteiger partial charge is 0.299 e. The minimum Gasteiger partial charge on any atom is -0.299 e. The van der Waals surface area contributed by atoms with E-state index in [1.807, 2.05) is 18.2 Å². The summed E-state index contributed by atoms with van der Waals surface area (Å²) in [6, 6.07) is 10.4. The lowest BCUT2D eigenvalue weighted by Gasteiger charge is -2.25. The van der Waals surface area contributed by atoms with Gasteiger partial charge in [0.05, 0.1) is 0 Å². The molecule has 1 aromatic rings. The maximum atomic E-state index is 11.7. The van der Waals surface area contributed by atoms with Crippen LogP contribution in [0.4, 0.5) is 0 Å². The van der Waals surface area contributed by atoms with E-state index in [-0.39, 0.29) is 5.92 Å². The van der Waals surface area contributed by atoms with Crippen molar-refractivity contribution >= 4 is 5.78 Å². The zero-order chi connectivity index (χ0) is 10.7. The van der Waals surface area contributed by atoms with Gasteiger partial charge in [-0.3, -0.25) is 4.79 Å². The second-order valence-corrected chi connectivity index (χ2v) is 4.73. The number of carbonyl (C=O) groups excluding carboxylic acids is 1. The molecule has 2 unspecified atom stereocenters. The molecular weight excluding hydrogens is 184 g/mol. The topological polar surface area (TPSA) is 17.1 Å². The Kier molecular flexibility index (Phi) is 3.20. The van der Waals surface area contributed by atoms with Gasteiger partial charge in [-0.1, -0.05) is 37.3 Å². The fourth-order valence-electron chi connectivity index (χ4n) is 2.42. The molecule has 2 rings (SSSR count). The minimum atomic E-state index is 0.274. The first-order valence-electron chi connectivity index (χ1n) is 5.82. The molecule has 1 aromatic carbocycles. The monoisotopic (exact) mass is 202 g/mol. The zero-order valence-corrected chi connectivity index (χ0v) is 9.28. The van der Waals surface area contributed by atoms with Crippen molar-refractivity contribution in [3.8, 4) is 0 Å². The van der Waals surface area contributed by atoms with Crippen LogP contribution in [0.15, 0.2) is 30.3 Å². The molecule has 1 heteroatoms. The molecule has 0 heterocycles. The summed E-state index contributed by atoms with van der Waals surface area (Å²) in [5, 5.41) is 0. The molecule has 0 aromatic heterocycles. The number of Topliss-reactive ketones (excluding diaryl/α,β-unsaturated/α-hetero) is 1. The molecule has 1 aliphatic rings. The zero-order valence-electron chi connectivity index (χ0n) is 9.28. The van der Waals surface area contributed by atoms with Gasteiger partial charge in [0.2, 0.25) is 0 Å². The molecule has 0 bridgehead atoms. The number of rotatable bonds is 2. The second kappa shape index (κ2) is 4.61. The van der Waals surface area contributed by atoms with Crippen LogP contribution in [-0.4, -0.2) is 5.78 Å². The van der Waals surface area contributed by atoms with E-state index in [4.69, 9.17) is 0 Å². The lowest BCUT2D eigenvalue weighted by Crippen LogP contribution is -2.25. The predicted octanol–water partition coefficient (Wildman–Crippen LogP) is 3.23. The predicted molar refractivity (Wildman–Crippen MR) is 61.7 cm³/mol. The van der Waals surface area contributed by atoms with E-state index in [0.717, 1.165) is 31.6 Å². The Balaban J connectivity index is 2.01. The molecule has 0 spiro atoms. The highest BCUT2D eigenvalue weighted by Crippen LogP contribution is 2.28. The molecular formula is C14H18O. The molecule has 0 saturated heterocycles. The average Bonchev–Trinajstić information content (AvgIpc) is 2.25. The molecule has 0 aliphatic heterocycles. The highest BCUT2D eigenvalue weighted by Gasteiger charge is 2.26. The van der Waals surface area contributed by atoms with Gasteiger partial charge in [0, 0.05) is 12.3 Å². The van der Waals surface area contributed by atoms with Crippen LogP contribution in [-0.2, 0) is 11.2 Å². The third-order valence-corrected chi connectivity index (χ3v) is 3.35. The van der Waals surface area contributed by atoms with E-state index < -0.39 is 0 Å². The van der Waals surface area contributed by atoms with Gasteiger partial charge >= 0.3 is 0 Å². The summed E-state index contributed by atoms with van der Waals surface area (Å²) in [7, 11) is 0. The summed E-state index contributed by atoms with van der Waals surface area (Å²) in [4.78, 5) is 11.7. The highest BCUT2D eigenvalue weighted by molar-refractivity contribution is 5.82. The summed E-state index contributed by atoms with van der Waals surface area (Å²) in [5.74, 6) is 1.46. The normalized spacial score (nSPS) is 26.6. The standard InChI is InChI=1S/C14H18O/c1-11-7-8-14(15)13(9-11)10-12-5-3-2-4-6-12/h2-6,11,13H,7-10H2,1H3. The summed E-state index contributed by atoms with van der Waals surface area (Å²) in [5.41, 5.74) is 1.30. The first kappa shape index (κ1) is 10.4. The molecule has 15 heavy (non-hydrogen) atoms. The third kappa shape index (κ3) is 2.68. The van der Waals surface area contributed by atoms with E-state index in [2.05, 4.69) is 19.1 Å². The van der Waals surface area contributed by atoms with Crippen molar-refractivity contribution < 1.29 is 4.79 Å². The van der Waals surface area contributed by atoms with Crippen LogP contribution in [0.2, 0.25) is 0 Å². The van der Waals surface area contributed by atoms with E-state index >= 15 is 0 Å². The summed E-state index contributed by atoms with van der Waals surface area (Å²) < 4.78 is 0. The van der Waals surface area contributed by atoms with Crippen LogP contribution < -0.4 is 0 Å². The van der Waals surface area contributed by atoms with E-state index in [1.165, 1.54) is 5.56 Å². The molecule has 1 saturated carbocycles. The third-order valence-electron chi connectivity index (χ3n) is 3.35. The molecule has 0 N–H and O–H groups in total. The maximum absolute atomic E-state index is 11.7. The number of ketones is 1. The van der Waals surface area contributed by atoms with Gasteiger partial charge in [-0.05, 0) is 30.7 Å². The average molecular weight is 202 g/mol. The number of hydrogen-bond donors (Lipinski definition) is 0. The van der Waals surface area contributed by atoms with Crippen molar-refractivity contribution in [1.29, 1.82) is 0 Å². The summed E-state index contributed by atoms with van der Waals surface area (Å²) in [6.07, 6.45) is 3.89. The van der Waals surface area contributed by atoms with Crippen LogP contribution in [0, 0.1) is 11.8 Å². The highest BCUT2D eigenvalue weighted by atomic mass is 16.1. The van der Waals surface area contributed by atoms with Crippen molar-refractivity contribution in [2.45, 2.75) is 32.6 Å². The number of hydrogen-bond acceptors (Lipinski definition) is 1. The van der Waals surface area contributed by atoms with Crippen LogP contribution in [0.25, 0.3) is 0 Å².